The summed E-state index contributed by atoms with van der Waals surface area (Å²) in [5.41, 5.74) is 2.34. The van der Waals surface area contributed by atoms with Gasteiger partial charge >= 0.3 is 12.1 Å². The van der Waals surface area contributed by atoms with E-state index in [0.29, 0.717) is 61.8 Å². The van der Waals surface area contributed by atoms with E-state index in [2.05, 4.69) is 11.0 Å². The standard InChI is InChI=1S/C39H43FN4O6/c1-39(2,3)50-38(46)44-21-25-18-26(44)20-43(25)36-29-19-28(24-12-13-24)32(33-30(40)10-7-11-31(33)45)35(48-22-23-8-5-4-6-9-23)34(29)41-37(42-36)49-27-14-16-47-17-15-27/h4-11,19,24-27,45H,12-18,20-22H2,1-3H3/t25-,26-/m0/s1. The Balaban J connectivity index is 1.29. The monoisotopic (exact) mass is 682 g/mol. The average Bonchev–Trinajstić information content (AvgIpc) is 3.73. The number of amides is 1. The third-order valence-corrected chi connectivity index (χ3v) is 10.0. The van der Waals surface area contributed by atoms with Crippen molar-refractivity contribution in [2.75, 3.05) is 31.2 Å². The fourth-order valence-electron chi connectivity index (χ4n) is 7.51. The summed E-state index contributed by atoms with van der Waals surface area (Å²) < 4.78 is 40.3. The van der Waals surface area contributed by atoms with Crippen LogP contribution in [0, 0.1) is 5.82 Å². The van der Waals surface area contributed by atoms with E-state index in [0.717, 1.165) is 35.8 Å². The van der Waals surface area contributed by atoms with Crippen LogP contribution < -0.4 is 14.4 Å². The molecule has 3 saturated heterocycles. The number of phenolic OH excluding ortho intramolecular Hbond substituents is 1. The molecule has 0 spiro atoms. The molecule has 1 aromatic heterocycles. The zero-order valence-corrected chi connectivity index (χ0v) is 28.7. The van der Waals surface area contributed by atoms with E-state index in [-0.39, 0.29) is 54.1 Å². The molecule has 1 saturated carbocycles. The van der Waals surface area contributed by atoms with Crippen LogP contribution in [0.25, 0.3) is 22.0 Å². The van der Waals surface area contributed by atoms with Crippen molar-refractivity contribution >= 4 is 22.8 Å². The van der Waals surface area contributed by atoms with Gasteiger partial charge in [-0.2, -0.15) is 9.97 Å². The van der Waals surface area contributed by atoms with Gasteiger partial charge in [0.2, 0.25) is 0 Å². The van der Waals surface area contributed by atoms with Crippen LogP contribution in [0.4, 0.5) is 15.0 Å². The number of nitrogens with zero attached hydrogens (tertiary/aromatic N) is 4. The maximum absolute atomic E-state index is 15.8. The molecule has 3 aromatic carbocycles. The van der Waals surface area contributed by atoms with Gasteiger partial charge in [-0.15, -0.1) is 0 Å². The molecule has 10 nitrogen and oxygen atoms in total. The smallest absolute Gasteiger partial charge is 0.410 e. The van der Waals surface area contributed by atoms with Gasteiger partial charge < -0.3 is 33.9 Å². The molecule has 2 bridgehead atoms. The molecule has 11 heteroatoms. The molecule has 1 aliphatic carbocycles. The summed E-state index contributed by atoms with van der Waals surface area (Å²) in [6.07, 6.45) is 3.65. The van der Waals surface area contributed by atoms with E-state index < -0.39 is 11.4 Å². The number of hydrogen-bond acceptors (Lipinski definition) is 9. The molecule has 3 aliphatic heterocycles. The molecule has 0 radical (unpaired) electrons. The van der Waals surface area contributed by atoms with E-state index >= 15 is 4.39 Å². The molecule has 4 aliphatic rings. The molecular weight excluding hydrogens is 639 g/mol. The number of halogens is 1. The summed E-state index contributed by atoms with van der Waals surface area (Å²) in [7, 11) is 0. The number of benzene rings is 3. The van der Waals surface area contributed by atoms with Crippen LogP contribution >= 0.6 is 0 Å². The Morgan fingerprint density at radius 1 is 0.980 bits per heavy atom. The van der Waals surface area contributed by atoms with E-state index in [1.807, 2.05) is 56.0 Å². The van der Waals surface area contributed by atoms with Crippen molar-refractivity contribution in [1.82, 2.24) is 14.9 Å². The quantitative estimate of drug-likeness (QED) is 0.204. The molecule has 4 heterocycles. The lowest BCUT2D eigenvalue weighted by Crippen LogP contribution is -2.50. The van der Waals surface area contributed by atoms with Crippen molar-refractivity contribution in [3.8, 4) is 28.6 Å². The normalized spacial score (nSPS) is 20.8. The first-order chi connectivity index (χ1) is 24.1. The Morgan fingerprint density at radius 2 is 1.76 bits per heavy atom. The lowest BCUT2D eigenvalue weighted by atomic mass is 9.92. The second-order valence-electron chi connectivity index (χ2n) is 14.8. The number of hydrogen-bond donors (Lipinski definition) is 1. The number of carbonyl (C=O) groups is 1. The van der Waals surface area contributed by atoms with Crippen LogP contribution in [0.1, 0.15) is 69.9 Å². The van der Waals surface area contributed by atoms with Gasteiger partial charge in [0.25, 0.3) is 0 Å². The minimum atomic E-state index is -0.586. The largest absolute Gasteiger partial charge is 0.507 e. The third-order valence-electron chi connectivity index (χ3n) is 10.0. The molecule has 1 N–H and O–H groups in total. The lowest BCUT2D eigenvalue weighted by molar-refractivity contribution is 0.0206. The number of rotatable bonds is 8. The van der Waals surface area contributed by atoms with E-state index in [1.54, 1.807) is 0 Å². The number of aromatic hydroxyl groups is 1. The number of anilines is 1. The summed E-state index contributed by atoms with van der Waals surface area (Å²) in [5, 5.41) is 11.9. The second-order valence-corrected chi connectivity index (χ2v) is 14.8. The van der Waals surface area contributed by atoms with Crippen LogP contribution in [-0.2, 0) is 16.1 Å². The highest BCUT2D eigenvalue weighted by atomic mass is 19.1. The average molecular weight is 683 g/mol. The third kappa shape index (κ3) is 6.39. The number of fused-ring (bicyclic) bond motifs is 3. The summed E-state index contributed by atoms with van der Waals surface area (Å²) in [4.78, 5) is 27.3. The predicted octanol–water partition coefficient (Wildman–Crippen LogP) is 7.35. The van der Waals surface area contributed by atoms with Gasteiger partial charge in [-0.05, 0) is 75.3 Å². The van der Waals surface area contributed by atoms with Crippen LogP contribution in [0.3, 0.4) is 0 Å². The Morgan fingerprint density at radius 3 is 2.44 bits per heavy atom. The maximum atomic E-state index is 15.8. The zero-order chi connectivity index (χ0) is 34.6. The second kappa shape index (κ2) is 12.9. The first kappa shape index (κ1) is 32.6. The number of piperazine rings is 1. The maximum Gasteiger partial charge on any atom is 0.410 e. The van der Waals surface area contributed by atoms with Crippen molar-refractivity contribution in [3.05, 3.63) is 71.5 Å². The lowest BCUT2D eigenvalue weighted by Gasteiger charge is -2.36. The zero-order valence-electron chi connectivity index (χ0n) is 28.7. The Hall–Kier alpha value is -4.64. The molecule has 1 amide bonds. The van der Waals surface area contributed by atoms with Crippen molar-refractivity contribution in [1.29, 1.82) is 0 Å². The SMILES string of the molecule is CC(C)(C)OC(=O)N1C[C@@H]2C[C@H]1CN2c1nc(OC2CCOCC2)nc2c(OCc3ccccc3)c(-c3c(O)cccc3F)c(C3CC3)cc12. The first-order valence-corrected chi connectivity index (χ1v) is 17.7. The molecule has 4 aromatic rings. The topological polar surface area (TPSA) is 106 Å². The highest BCUT2D eigenvalue weighted by Gasteiger charge is 2.48. The Labute approximate surface area is 291 Å². The minimum Gasteiger partial charge on any atom is -0.507 e. The van der Waals surface area contributed by atoms with Gasteiger partial charge in [-0.3, -0.25) is 0 Å². The summed E-state index contributed by atoms with van der Waals surface area (Å²) in [5.74, 6) is 0.542. The summed E-state index contributed by atoms with van der Waals surface area (Å²) >= 11 is 0. The van der Waals surface area contributed by atoms with Crippen LogP contribution in [0.5, 0.6) is 17.5 Å². The molecular formula is C39H43FN4O6. The van der Waals surface area contributed by atoms with Crippen LogP contribution in [-0.4, -0.2) is 76.2 Å². The van der Waals surface area contributed by atoms with Crippen LogP contribution in [0.2, 0.25) is 0 Å². The number of ether oxygens (including phenoxy) is 4. The highest BCUT2D eigenvalue weighted by molar-refractivity contribution is 6.01. The number of aromatic nitrogens is 2. The van der Waals surface area contributed by atoms with Gasteiger partial charge in [-0.25, -0.2) is 9.18 Å². The summed E-state index contributed by atoms with van der Waals surface area (Å²) in [6, 6.07) is 16.4. The van der Waals surface area contributed by atoms with Crippen molar-refractivity contribution in [2.45, 2.75) is 89.2 Å². The van der Waals surface area contributed by atoms with Gasteiger partial charge in [0.05, 0.1) is 30.9 Å². The number of phenols is 1. The van der Waals surface area contributed by atoms with Gasteiger partial charge in [0.1, 0.15) is 41.2 Å². The number of likely N-dealkylation sites (tertiary alicyclic amines) is 1. The van der Waals surface area contributed by atoms with Crippen molar-refractivity contribution in [3.63, 3.8) is 0 Å². The Kier molecular flexibility index (Phi) is 8.41. The van der Waals surface area contributed by atoms with E-state index in [1.165, 1.54) is 18.2 Å². The highest BCUT2D eigenvalue weighted by Crippen LogP contribution is 2.53. The minimum absolute atomic E-state index is 0.00917. The molecule has 0 unspecified atom stereocenters. The molecule has 50 heavy (non-hydrogen) atoms. The Bertz CT molecular complexity index is 1890. The molecule has 4 fully saturated rings. The molecule has 262 valence electrons. The fraction of sp³-hybridized carbons (Fsp3) is 0.462. The number of carbonyl (C=O) groups excluding carboxylic acids is 1. The molecule has 8 rings (SSSR count). The van der Waals surface area contributed by atoms with Crippen LogP contribution in [0.15, 0.2) is 54.6 Å². The predicted molar refractivity (Wildman–Crippen MR) is 186 cm³/mol. The molecule has 2 atom stereocenters. The van der Waals surface area contributed by atoms with Gasteiger partial charge in [0, 0.05) is 36.9 Å². The van der Waals surface area contributed by atoms with Gasteiger partial charge in [0.15, 0.2) is 5.75 Å². The van der Waals surface area contributed by atoms with E-state index in [9.17, 15) is 9.90 Å². The van der Waals surface area contributed by atoms with E-state index in [4.69, 9.17) is 28.9 Å². The first-order valence-electron chi connectivity index (χ1n) is 17.7. The summed E-state index contributed by atoms with van der Waals surface area (Å²) in [6.45, 7) is 8.11. The van der Waals surface area contributed by atoms with Gasteiger partial charge in [-0.1, -0.05) is 36.4 Å². The van der Waals surface area contributed by atoms with Crippen molar-refractivity contribution < 1.29 is 33.2 Å². The fourth-order valence-corrected chi connectivity index (χ4v) is 7.51. The van der Waals surface area contributed by atoms with Crippen molar-refractivity contribution in [2.24, 2.45) is 0 Å².